The summed E-state index contributed by atoms with van der Waals surface area (Å²) in [6.07, 6.45) is 2.08. The number of hydrogen-bond donors (Lipinski definition) is 2. The van der Waals surface area contributed by atoms with Crippen molar-refractivity contribution in [2.45, 2.75) is 44.4 Å². The number of ether oxygens (including phenoxy) is 2. The molecule has 0 spiro atoms. The van der Waals surface area contributed by atoms with E-state index in [1.165, 1.54) is 18.2 Å². The minimum Gasteiger partial charge on any atom is -0.491 e. The minimum absolute atomic E-state index is 0.0227. The van der Waals surface area contributed by atoms with Gasteiger partial charge in [-0.1, -0.05) is 17.7 Å². The quantitative estimate of drug-likeness (QED) is 0.556. The number of fused-ring (bicyclic) bond motifs is 3. The zero-order valence-corrected chi connectivity index (χ0v) is 19.7. The smallest absolute Gasteiger partial charge is 0.258 e. The molecule has 3 aliphatic rings. The Balaban J connectivity index is 1.21. The predicted octanol–water partition coefficient (Wildman–Crippen LogP) is 3.71. The van der Waals surface area contributed by atoms with Crippen LogP contribution in [-0.4, -0.2) is 60.4 Å². The largest absolute Gasteiger partial charge is 0.491 e. The third kappa shape index (κ3) is 6.17. The molecule has 34 heavy (non-hydrogen) atoms. The number of nitrogens with zero attached hydrogens (tertiary/aromatic N) is 1. The van der Waals surface area contributed by atoms with Crippen LogP contribution in [0.4, 0.5) is 8.78 Å². The SMILES string of the molecule is Cc1ccc(OCC(=O)NC2CC3CCC2CN3C[C@H](O)COc2ccc(Cl)c(F)c2)cc1F. The number of carbonyl (C=O) groups excluding carboxylic acids is 1. The lowest BCUT2D eigenvalue weighted by molar-refractivity contribution is -0.125. The number of amides is 1. The number of rotatable bonds is 9. The van der Waals surface area contributed by atoms with Gasteiger partial charge in [-0.25, -0.2) is 8.78 Å². The van der Waals surface area contributed by atoms with E-state index in [1.807, 2.05) is 0 Å². The number of piperidine rings is 2. The molecule has 0 aromatic heterocycles. The summed E-state index contributed by atoms with van der Waals surface area (Å²) in [5.41, 5.74) is 0.523. The third-order valence-corrected chi connectivity index (χ3v) is 6.90. The van der Waals surface area contributed by atoms with E-state index >= 15 is 0 Å². The highest BCUT2D eigenvalue weighted by molar-refractivity contribution is 6.30. The molecule has 3 fully saturated rings. The summed E-state index contributed by atoms with van der Waals surface area (Å²) < 4.78 is 38.1. The lowest BCUT2D eigenvalue weighted by Gasteiger charge is -2.50. The van der Waals surface area contributed by atoms with Crippen LogP contribution in [0.3, 0.4) is 0 Å². The van der Waals surface area contributed by atoms with Crippen LogP contribution < -0.4 is 14.8 Å². The molecular formula is C25H29ClF2N2O4. The third-order valence-electron chi connectivity index (χ3n) is 6.59. The predicted molar refractivity (Wildman–Crippen MR) is 124 cm³/mol. The first-order valence-electron chi connectivity index (χ1n) is 11.5. The Morgan fingerprint density at radius 1 is 1.18 bits per heavy atom. The number of nitrogens with one attached hydrogen (secondary N) is 1. The van der Waals surface area contributed by atoms with E-state index in [9.17, 15) is 18.7 Å². The van der Waals surface area contributed by atoms with Gasteiger partial charge >= 0.3 is 0 Å². The molecule has 2 aliphatic heterocycles. The highest BCUT2D eigenvalue weighted by Gasteiger charge is 2.41. The van der Waals surface area contributed by atoms with E-state index in [2.05, 4.69) is 10.2 Å². The summed E-state index contributed by atoms with van der Waals surface area (Å²) >= 11 is 5.67. The van der Waals surface area contributed by atoms with Crippen molar-refractivity contribution < 1.29 is 28.2 Å². The molecule has 9 heteroatoms. The van der Waals surface area contributed by atoms with Crippen molar-refractivity contribution in [3.63, 3.8) is 0 Å². The van der Waals surface area contributed by atoms with Crippen molar-refractivity contribution in [2.75, 3.05) is 26.3 Å². The fourth-order valence-corrected chi connectivity index (χ4v) is 4.87. The molecule has 0 radical (unpaired) electrons. The van der Waals surface area contributed by atoms with Crippen LogP contribution >= 0.6 is 11.6 Å². The van der Waals surface area contributed by atoms with Crippen molar-refractivity contribution in [1.29, 1.82) is 0 Å². The molecule has 5 rings (SSSR count). The zero-order chi connectivity index (χ0) is 24.2. The molecule has 184 valence electrons. The second-order valence-electron chi connectivity index (χ2n) is 9.10. The maximum Gasteiger partial charge on any atom is 0.258 e. The molecule has 2 bridgehead atoms. The van der Waals surface area contributed by atoms with Crippen molar-refractivity contribution >= 4 is 17.5 Å². The summed E-state index contributed by atoms with van der Waals surface area (Å²) in [6.45, 7) is 2.76. The highest BCUT2D eigenvalue weighted by atomic mass is 35.5. The molecule has 1 saturated carbocycles. The van der Waals surface area contributed by atoms with Gasteiger partial charge in [0.1, 0.15) is 35.8 Å². The van der Waals surface area contributed by atoms with Gasteiger partial charge in [0.15, 0.2) is 6.61 Å². The zero-order valence-electron chi connectivity index (χ0n) is 19.0. The summed E-state index contributed by atoms with van der Waals surface area (Å²) in [6, 6.07) is 9.02. The van der Waals surface area contributed by atoms with E-state index in [-0.39, 0.29) is 48.0 Å². The van der Waals surface area contributed by atoms with Gasteiger partial charge in [-0.15, -0.1) is 0 Å². The minimum atomic E-state index is -0.727. The molecule has 6 nitrogen and oxygen atoms in total. The lowest BCUT2D eigenvalue weighted by Crippen LogP contribution is -2.60. The molecule has 3 unspecified atom stereocenters. The molecule has 1 amide bonds. The van der Waals surface area contributed by atoms with Gasteiger partial charge in [-0.3, -0.25) is 9.69 Å². The Hall–Kier alpha value is -2.42. The fraction of sp³-hybridized carbons (Fsp3) is 0.480. The van der Waals surface area contributed by atoms with Crippen molar-refractivity contribution in [3.05, 3.63) is 58.6 Å². The molecule has 2 heterocycles. The Bertz CT molecular complexity index is 1020. The molecular weight excluding hydrogens is 466 g/mol. The van der Waals surface area contributed by atoms with Crippen LogP contribution in [0.2, 0.25) is 5.02 Å². The van der Waals surface area contributed by atoms with E-state index in [1.54, 1.807) is 25.1 Å². The molecule has 2 aromatic carbocycles. The first-order valence-corrected chi connectivity index (χ1v) is 11.8. The topological polar surface area (TPSA) is 71.0 Å². The van der Waals surface area contributed by atoms with Crippen LogP contribution in [0, 0.1) is 24.5 Å². The summed E-state index contributed by atoms with van der Waals surface area (Å²) in [5, 5.41) is 13.5. The number of aryl methyl sites for hydroxylation is 1. The number of benzene rings is 2. The van der Waals surface area contributed by atoms with E-state index in [0.717, 1.165) is 25.8 Å². The van der Waals surface area contributed by atoms with Crippen LogP contribution in [0.15, 0.2) is 36.4 Å². The number of hydrogen-bond acceptors (Lipinski definition) is 5. The number of aliphatic hydroxyl groups excluding tert-OH is 1. The van der Waals surface area contributed by atoms with Gasteiger partial charge in [0.25, 0.3) is 5.91 Å². The van der Waals surface area contributed by atoms with Gasteiger partial charge in [-0.2, -0.15) is 0 Å². The number of carbonyl (C=O) groups is 1. The Kier molecular flexibility index (Phi) is 7.91. The number of halogens is 3. The maximum absolute atomic E-state index is 13.6. The van der Waals surface area contributed by atoms with Crippen LogP contribution in [0.1, 0.15) is 24.8 Å². The average molecular weight is 495 g/mol. The summed E-state index contributed by atoms with van der Waals surface area (Å²) in [4.78, 5) is 14.6. The molecule has 2 aromatic rings. The monoisotopic (exact) mass is 494 g/mol. The van der Waals surface area contributed by atoms with Gasteiger partial charge in [0.2, 0.25) is 0 Å². The van der Waals surface area contributed by atoms with Crippen molar-refractivity contribution in [3.8, 4) is 11.5 Å². The van der Waals surface area contributed by atoms with Gasteiger partial charge in [-0.05, 0) is 55.9 Å². The van der Waals surface area contributed by atoms with Crippen LogP contribution in [0.25, 0.3) is 0 Å². The highest BCUT2D eigenvalue weighted by Crippen LogP contribution is 2.35. The van der Waals surface area contributed by atoms with Gasteiger partial charge in [0, 0.05) is 37.3 Å². The first kappa shape index (κ1) is 24.7. The molecule has 4 atom stereocenters. The molecule has 1 aliphatic carbocycles. The van der Waals surface area contributed by atoms with E-state index in [4.69, 9.17) is 21.1 Å². The maximum atomic E-state index is 13.6. The second kappa shape index (κ2) is 10.9. The van der Waals surface area contributed by atoms with Crippen molar-refractivity contribution in [2.24, 2.45) is 5.92 Å². The fourth-order valence-electron chi connectivity index (χ4n) is 4.76. The van der Waals surface area contributed by atoms with Crippen LogP contribution in [-0.2, 0) is 4.79 Å². The van der Waals surface area contributed by atoms with E-state index < -0.39 is 11.9 Å². The average Bonchev–Trinajstić information content (AvgIpc) is 2.81. The Labute approximate surface area is 202 Å². The van der Waals surface area contributed by atoms with Crippen molar-refractivity contribution in [1.82, 2.24) is 10.2 Å². The van der Waals surface area contributed by atoms with Crippen LogP contribution in [0.5, 0.6) is 11.5 Å². The van der Waals surface area contributed by atoms with Gasteiger partial charge < -0.3 is 19.9 Å². The summed E-state index contributed by atoms with van der Waals surface area (Å²) in [7, 11) is 0. The molecule has 2 saturated heterocycles. The second-order valence-corrected chi connectivity index (χ2v) is 9.50. The Morgan fingerprint density at radius 2 is 1.91 bits per heavy atom. The first-order chi connectivity index (χ1) is 16.3. The van der Waals surface area contributed by atoms with Gasteiger partial charge in [0.05, 0.1) is 5.02 Å². The Morgan fingerprint density at radius 3 is 2.62 bits per heavy atom. The number of aliphatic hydroxyl groups is 1. The lowest BCUT2D eigenvalue weighted by atomic mass is 9.76. The summed E-state index contributed by atoms with van der Waals surface area (Å²) in [5.74, 6) is -0.230. The van der Waals surface area contributed by atoms with E-state index in [0.29, 0.717) is 23.6 Å². The molecule has 2 N–H and O–H groups in total. The normalized spacial score (nSPS) is 22.9. The standard InChI is InChI=1S/C25H29ClF2N2O4/c1-15-2-5-19(9-22(15)27)34-14-25(32)29-24-8-17-4-3-16(24)11-30(17)12-18(31)13-33-20-6-7-21(26)23(28)10-20/h2,5-7,9-10,16-18,24,31H,3-4,8,11-14H2,1H3,(H,29,32)/t16?,17?,18-,24?/m0/s1.